The van der Waals surface area contributed by atoms with Gasteiger partial charge in [-0.15, -0.1) is 0 Å². The SMILES string of the molecule is CNc1ccccn1.c1ccncc1. The maximum Gasteiger partial charge on any atom is 0.125 e. The Morgan fingerprint density at radius 3 is 1.93 bits per heavy atom. The fourth-order valence-corrected chi connectivity index (χ4v) is 0.823. The standard InChI is InChI=1S/C6H8N2.C5H5N/c1-7-6-4-2-3-5-8-6;1-2-4-6-5-3-1/h2-5H,1H3,(H,7,8);1-5H. The van der Waals surface area contributed by atoms with Gasteiger partial charge in [-0.2, -0.15) is 0 Å². The van der Waals surface area contributed by atoms with Gasteiger partial charge in [0.25, 0.3) is 0 Å². The van der Waals surface area contributed by atoms with Gasteiger partial charge in [0.1, 0.15) is 5.82 Å². The van der Waals surface area contributed by atoms with Crippen LogP contribution in [0.3, 0.4) is 0 Å². The number of nitrogens with one attached hydrogen (secondary N) is 1. The van der Waals surface area contributed by atoms with Gasteiger partial charge in [-0.05, 0) is 24.3 Å². The molecule has 0 saturated carbocycles. The second-order valence-corrected chi connectivity index (χ2v) is 2.49. The number of hydrogen-bond acceptors (Lipinski definition) is 3. The summed E-state index contributed by atoms with van der Waals surface area (Å²) in [5.74, 6) is 0.910. The lowest BCUT2D eigenvalue weighted by Crippen LogP contribution is -1.88. The fourth-order valence-electron chi connectivity index (χ4n) is 0.823. The lowest BCUT2D eigenvalue weighted by molar-refractivity contribution is 1.29. The summed E-state index contributed by atoms with van der Waals surface area (Å²) < 4.78 is 0. The molecule has 3 nitrogen and oxygen atoms in total. The quantitative estimate of drug-likeness (QED) is 0.743. The van der Waals surface area contributed by atoms with Gasteiger partial charge in [-0.1, -0.05) is 12.1 Å². The van der Waals surface area contributed by atoms with Crippen LogP contribution in [-0.4, -0.2) is 17.0 Å². The summed E-state index contributed by atoms with van der Waals surface area (Å²) in [6.45, 7) is 0. The summed E-state index contributed by atoms with van der Waals surface area (Å²) in [6.07, 6.45) is 5.26. The Morgan fingerprint density at radius 2 is 1.64 bits per heavy atom. The average Bonchev–Trinajstić information content (AvgIpc) is 2.33. The van der Waals surface area contributed by atoms with Crippen LogP contribution in [0.25, 0.3) is 0 Å². The summed E-state index contributed by atoms with van der Waals surface area (Å²) in [7, 11) is 1.85. The van der Waals surface area contributed by atoms with Crippen molar-refractivity contribution in [2.45, 2.75) is 0 Å². The van der Waals surface area contributed by atoms with Crippen LogP contribution in [0, 0.1) is 0 Å². The lowest BCUT2D eigenvalue weighted by atomic mass is 10.5. The van der Waals surface area contributed by atoms with Crippen molar-refractivity contribution in [3.8, 4) is 0 Å². The lowest BCUT2D eigenvalue weighted by Gasteiger charge is -1.92. The maximum absolute atomic E-state index is 3.99. The molecule has 2 aromatic rings. The Morgan fingerprint density at radius 1 is 0.929 bits per heavy atom. The fraction of sp³-hybridized carbons (Fsp3) is 0.0909. The topological polar surface area (TPSA) is 37.8 Å². The van der Waals surface area contributed by atoms with Crippen LogP contribution in [0.2, 0.25) is 0 Å². The van der Waals surface area contributed by atoms with Crippen molar-refractivity contribution in [2.24, 2.45) is 0 Å². The van der Waals surface area contributed by atoms with Crippen molar-refractivity contribution in [1.82, 2.24) is 9.97 Å². The zero-order valence-electron chi connectivity index (χ0n) is 8.09. The molecule has 0 bridgehead atoms. The van der Waals surface area contributed by atoms with E-state index in [1.54, 1.807) is 18.6 Å². The molecule has 0 spiro atoms. The third-order valence-electron chi connectivity index (χ3n) is 1.49. The van der Waals surface area contributed by atoms with Crippen LogP contribution in [0.15, 0.2) is 55.0 Å². The summed E-state index contributed by atoms with van der Waals surface area (Å²) in [6, 6.07) is 11.5. The van der Waals surface area contributed by atoms with Gasteiger partial charge >= 0.3 is 0 Å². The number of pyridine rings is 2. The smallest absolute Gasteiger partial charge is 0.125 e. The zero-order chi connectivity index (χ0) is 10.1. The molecule has 0 fully saturated rings. The van der Waals surface area contributed by atoms with Crippen LogP contribution in [0.5, 0.6) is 0 Å². The molecular formula is C11H13N3. The molecule has 2 rings (SSSR count). The number of nitrogens with zero attached hydrogens (tertiary/aromatic N) is 2. The normalized spacial score (nSPS) is 8.36. The summed E-state index contributed by atoms with van der Waals surface area (Å²) in [5.41, 5.74) is 0. The Balaban J connectivity index is 0.000000146. The van der Waals surface area contributed by atoms with Crippen molar-refractivity contribution in [3.63, 3.8) is 0 Å². The predicted molar refractivity (Wildman–Crippen MR) is 58.0 cm³/mol. The van der Waals surface area contributed by atoms with Crippen molar-refractivity contribution in [1.29, 1.82) is 0 Å². The van der Waals surface area contributed by atoms with E-state index in [9.17, 15) is 0 Å². The van der Waals surface area contributed by atoms with Crippen LogP contribution in [-0.2, 0) is 0 Å². The Labute approximate surface area is 83.8 Å². The van der Waals surface area contributed by atoms with E-state index in [2.05, 4.69) is 15.3 Å². The molecule has 0 amide bonds. The number of rotatable bonds is 1. The highest BCUT2D eigenvalue weighted by Crippen LogP contribution is 1.95. The predicted octanol–water partition coefficient (Wildman–Crippen LogP) is 2.20. The van der Waals surface area contributed by atoms with Crippen molar-refractivity contribution in [3.05, 3.63) is 55.0 Å². The minimum absolute atomic E-state index is 0.910. The first-order chi connectivity index (χ1) is 6.93. The molecule has 0 radical (unpaired) electrons. The molecule has 0 aliphatic rings. The number of aromatic nitrogens is 2. The second kappa shape index (κ2) is 6.60. The van der Waals surface area contributed by atoms with Crippen molar-refractivity contribution in [2.75, 3.05) is 12.4 Å². The Bertz CT molecular complexity index is 294. The number of anilines is 1. The monoisotopic (exact) mass is 187 g/mol. The molecule has 0 aliphatic carbocycles. The minimum Gasteiger partial charge on any atom is -0.373 e. The molecule has 72 valence electrons. The van der Waals surface area contributed by atoms with E-state index in [0.717, 1.165) is 5.82 Å². The molecule has 0 atom stereocenters. The van der Waals surface area contributed by atoms with Crippen LogP contribution >= 0.6 is 0 Å². The maximum atomic E-state index is 3.99. The first-order valence-electron chi connectivity index (χ1n) is 4.37. The highest BCUT2D eigenvalue weighted by Gasteiger charge is 1.79. The molecule has 2 heterocycles. The van der Waals surface area contributed by atoms with Gasteiger partial charge in [0.15, 0.2) is 0 Å². The molecule has 1 N–H and O–H groups in total. The van der Waals surface area contributed by atoms with Crippen LogP contribution < -0.4 is 5.32 Å². The van der Waals surface area contributed by atoms with E-state index in [1.165, 1.54) is 0 Å². The average molecular weight is 187 g/mol. The Hall–Kier alpha value is -1.90. The van der Waals surface area contributed by atoms with Gasteiger partial charge in [0.2, 0.25) is 0 Å². The largest absolute Gasteiger partial charge is 0.373 e. The minimum atomic E-state index is 0.910. The molecule has 0 unspecified atom stereocenters. The summed E-state index contributed by atoms with van der Waals surface area (Å²) in [5, 5.41) is 2.92. The first-order valence-corrected chi connectivity index (χ1v) is 4.37. The van der Waals surface area contributed by atoms with Gasteiger partial charge in [-0.3, -0.25) is 4.98 Å². The van der Waals surface area contributed by atoms with E-state index >= 15 is 0 Å². The third kappa shape index (κ3) is 4.21. The second-order valence-electron chi connectivity index (χ2n) is 2.49. The van der Waals surface area contributed by atoms with Gasteiger partial charge in [-0.25, -0.2) is 4.98 Å². The van der Waals surface area contributed by atoms with E-state index in [0.29, 0.717) is 0 Å². The molecule has 0 aromatic carbocycles. The molecule has 0 saturated heterocycles. The van der Waals surface area contributed by atoms with E-state index in [-0.39, 0.29) is 0 Å². The van der Waals surface area contributed by atoms with Crippen molar-refractivity contribution >= 4 is 5.82 Å². The highest BCUT2D eigenvalue weighted by molar-refractivity contribution is 5.31. The van der Waals surface area contributed by atoms with Gasteiger partial charge < -0.3 is 5.32 Å². The molecule has 3 heteroatoms. The van der Waals surface area contributed by atoms with Gasteiger partial charge in [0, 0.05) is 25.6 Å². The first kappa shape index (κ1) is 10.2. The number of hydrogen-bond donors (Lipinski definition) is 1. The Kier molecular flexibility index (Phi) is 4.80. The van der Waals surface area contributed by atoms with E-state index in [1.807, 2.05) is 43.4 Å². The molecular weight excluding hydrogens is 174 g/mol. The summed E-state index contributed by atoms with van der Waals surface area (Å²) >= 11 is 0. The summed E-state index contributed by atoms with van der Waals surface area (Å²) in [4.78, 5) is 7.77. The van der Waals surface area contributed by atoms with Crippen LogP contribution in [0.1, 0.15) is 0 Å². The van der Waals surface area contributed by atoms with E-state index < -0.39 is 0 Å². The molecule has 14 heavy (non-hydrogen) atoms. The third-order valence-corrected chi connectivity index (χ3v) is 1.49. The zero-order valence-corrected chi connectivity index (χ0v) is 8.09. The van der Waals surface area contributed by atoms with Crippen LogP contribution in [0.4, 0.5) is 5.82 Å². The van der Waals surface area contributed by atoms with E-state index in [4.69, 9.17) is 0 Å². The van der Waals surface area contributed by atoms with Gasteiger partial charge in [0.05, 0.1) is 0 Å². The molecule has 0 aliphatic heterocycles. The highest BCUT2D eigenvalue weighted by atomic mass is 14.9. The molecule has 2 aromatic heterocycles. The van der Waals surface area contributed by atoms with Crippen molar-refractivity contribution < 1.29 is 0 Å².